The van der Waals surface area contributed by atoms with Crippen LogP contribution >= 0.6 is 12.6 Å². The number of benzene rings is 1. The Bertz CT molecular complexity index is 450. The molecule has 0 unspecified atom stereocenters. The molecule has 1 aromatic rings. The highest BCUT2D eigenvalue weighted by atomic mass is 32.1. The van der Waals surface area contributed by atoms with Gasteiger partial charge in [-0.1, -0.05) is 26.8 Å². The van der Waals surface area contributed by atoms with Crippen molar-refractivity contribution in [2.45, 2.75) is 40.0 Å². The molecule has 0 bridgehead atoms. The van der Waals surface area contributed by atoms with E-state index in [1.54, 1.807) is 12.1 Å². The average molecular weight is 297 g/mol. The Morgan fingerprint density at radius 3 is 2.40 bits per heavy atom. The van der Waals surface area contributed by atoms with Gasteiger partial charge in [0, 0.05) is 11.5 Å². The van der Waals surface area contributed by atoms with E-state index in [2.05, 4.69) is 26.5 Å². The van der Waals surface area contributed by atoms with Gasteiger partial charge in [-0.05, 0) is 36.6 Å². The highest BCUT2D eigenvalue weighted by Crippen LogP contribution is 2.33. The summed E-state index contributed by atoms with van der Waals surface area (Å²) in [6.07, 6.45) is 2.65. The third-order valence-corrected chi connectivity index (χ3v) is 4.67. The first-order chi connectivity index (χ1) is 9.51. The number of hydrogen-bond donors (Lipinski definition) is 1. The highest BCUT2D eigenvalue weighted by Gasteiger charge is 2.27. The molecule has 1 aromatic carbocycles. The highest BCUT2D eigenvalue weighted by molar-refractivity contribution is 7.80. The molecule has 0 N–H and O–H groups in total. The Morgan fingerprint density at radius 2 is 1.95 bits per heavy atom. The number of ether oxygens (including phenoxy) is 1. The maximum absolute atomic E-state index is 11.1. The molecular formula is C15H23NO3S. The van der Waals surface area contributed by atoms with Crippen molar-refractivity contribution < 1.29 is 9.66 Å². The number of aryl methyl sites for hydroxylation is 1. The molecule has 0 spiro atoms. The molecule has 0 aliphatic rings. The van der Waals surface area contributed by atoms with Gasteiger partial charge in [-0.2, -0.15) is 12.6 Å². The summed E-state index contributed by atoms with van der Waals surface area (Å²) >= 11 is 4.39. The molecule has 0 aliphatic carbocycles. The number of nitro groups is 1. The van der Waals surface area contributed by atoms with Crippen molar-refractivity contribution in [2.75, 3.05) is 12.4 Å². The van der Waals surface area contributed by atoms with Crippen molar-refractivity contribution in [3.63, 3.8) is 0 Å². The standard InChI is InChI=1S/C15H23NO3S/c1-4-12-7-8-14(13(9-12)16(17)18)19-10-15(5-2,6-3)11-20/h7-9,20H,4-6,10-11H2,1-3H3. The van der Waals surface area contributed by atoms with Crippen molar-refractivity contribution in [3.8, 4) is 5.75 Å². The van der Waals surface area contributed by atoms with Crippen molar-refractivity contribution in [1.82, 2.24) is 0 Å². The van der Waals surface area contributed by atoms with Crippen LogP contribution in [-0.2, 0) is 6.42 Å². The van der Waals surface area contributed by atoms with E-state index in [1.165, 1.54) is 0 Å². The zero-order valence-electron chi connectivity index (χ0n) is 12.4. The van der Waals surface area contributed by atoms with Gasteiger partial charge in [-0.25, -0.2) is 0 Å². The van der Waals surface area contributed by atoms with Crippen LogP contribution < -0.4 is 4.74 Å². The van der Waals surface area contributed by atoms with Gasteiger partial charge < -0.3 is 4.74 Å². The van der Waals surface area contributed by atoms with Gasteiger partial charge in [-0.3, -0.25) is 10.1 Å². The fourth-order valence-electron chi connectivity index (χ4n) is 2.00. The third kappa shape index (κ3) is 3.88. The van der Waals surface area contributed by atoms with E-state index in [1.807, 2.05) is 13.0 Å². The molecule has 0 atom stereocenters. The molecule has 5 heteroatoms. The average Bonchev–Trinajstić information content (AvgIpc) is 2.49. The minimum Gasteiger partial charge on any atom is -0.486 e. The van der Waals surface area contributed by atoms with Crippen molar-refractivity contribution in [3.05, 3.63) is 33.9 Å². The summed E-state index contributed by atoms with van der Waals surface area (Å²) in [5.74, 6) is 1.06. The Kier molecular flexibility index (Phi) is 6.33. The van der Waals surface area contributed by atoms with Crippen molar-refractivity contribution in [2.24, 2.45) is 5.41 Å². The van der Waals surface area contributed by atoms with E-state index >= 15 is 0 Å². The molecule has 0 radical (unpaired) electrons. The summed E-state index contributed by atoms with van der Waals surface area (Å²) in [6.45, 7) is 6.62. The summed E-state index contributed by atoms with van der Waals surface area (Å²) in [6, 6.07) is 5.17. The van der Waals surface area contributed by atoms with Crippen LogP contribution in [0.15, 0.2) is 18.2 Å². The molecule has 0 heterocycles. The molecule has 1 rings (SSSR count). The molecule has 0 aromatic heterocycles. The molecule has 4 nitrogen and oxygen atoms in total. The zero-order valence-corrected chi connectivity index (χ0v) is 13.3. The maximum Gasteiger partial charge on any atom is 0.311 e. The summed E-state index contributed by atoms with van der Waals surface area (Å²) in [5, 5.41) is 11.1. The van der Waals surface area contributed by atoms with Crippen molar-refractivity contribution >= 4 is 18.3 Å². The van der Waals surface area contributed by atoms with E-state index in [0.29, 0.717) is 18.1 Å². The topological polar surface area (TPSA) is 52.4 Å². The van der Waals surface area contributed by atoms with Gasteiger partial charge in [0.15, 0.2) is 5.75 Å². The predicted octanol–water partition coefficient (Wildman–Crippen LogP) is 4.27. The van der Waals surface area contributed by atoms with E-state index < -0.39 is 0 Å². The first-order valence-electron chi connectivity index (χ1n) is 7.02. The minimum atomic E-state index is -0.380. The molecule has 112 valence electrons. The van der Waals surface area contributed by atoms with Crippen molar-refractivity contribution in [1.29, 1.82) is 0 Å². The number of thiol groups is 1. The van der Waals surface area contributed by atoms with E-state index in [4.69, 9.17) is 4.74 Å². The van der Waals surface area contributed by atoms with E-state index in [9.17, 15) is 10.1 Å². The van der Waals surface area contributed by atoms with Gasteiger partial charge in [0.1, 0.15) is 0 Å². The zero-order chi connectivity index (χ0) is 15.2. The normalized spacial score (nSPS) is 11.4. The number of rotatable bonds is 8. The largest absolute Gasteiger partial charge is 0.486 e. The molecular weight excluding hydrogens is 274 g/mol. The Morgan fingerprint density at radius 1 is 1.30 bits per heavy atom. The first kappa shape index (κ1) is 16.8. The van der Waals surface area contributed by atoms with Crippen LogP contribution in [0.25, 0.3) is 0 Å². The van der Waals surface area contributed by atoms with Crippen LogP contribution in [0.1, 0.15) is 39.2 Å². The van der Waals surface area contributed by atoms with Gasteiger partial charge in [0.25, 0.3) is 0 Å². The first-order valence-corrected chi connectivity index (χ1v) is 7.66. The lowest BCUT2D eigenvalue weighted by atomic mass is 9.85. The van der Waals surface area contributed by atoms with Gasteiger partial charge in [-0.15, -0.1) is 0 Å². The van der Waals surface area contributed by atoms with Gasteiger partial charge in [0.05, 0.1) is 11.5 Å². The monoisotopic (exact) mass is 297 g/mol. The summed E-state index contributed by atoms with van der Waals surface area (Å²) in [4.78, 5) is 10.8. The van der Waals surface area contributed by atoms with Crippen LogP contribution in [0.5, 0.6) is 5.75 Å². The SMILES string of the molecule is CCc1ccc(OCC(CC)(CC)CS)c([N+](=O)[O-])c1. The van der Waals surface area contributed by atoms with Crippen LogP contribution in [0.4, 0.5) is 5.69 Å². The van der Waals surface area contributed by atoms with Gasteiger partial charge in [0.2, 0.25) is 0 Å². The number of hydrogen-bond acceptors (Lipinski definition) is 4. The lowest BCUT2D eigenvalue weighted by Gasteiger charge is -2.29. The fraction of sp³-hybridized carbons (Fsp3) is 0.600. The molecule has 0 saturated heterocycles. The molecule has 20 heavy (non-hydrogen) atoms. The molecule has 0 amide bonds. The van der Waals surface area contributed by atoms with Crippen LogP contribution in [0, 0.1) is 15.5 Å². The Hall–Kier alpha value is -1.23. The third-order valence-electron chi connectivity index (χ3n) is 4.00. The Labute approximate surface area is 126 Å². The predicted molar refractivity (Wildman–Crippen MR) is 84.8 cm³/mol. The van der Waals surface area contributed by atoms with Crippen LogP contribution in [0.2, 0.25) is 0 Å². The van der Waals surface area contributed by atoms with Crippen LogP contribution in [0.3, 0.4) is 0 Å². The lowest BCUT2D eigenvalue weighted by Crippen LogP contribution is -2.29. The molecule has 0 aliphatic heterocycles. The fourth-order valence-corrected chi connectivity index (χ4v) is 2.54. The number of nitrogens with zero attached hydrogens (tertiary/aromatic N) is 1. The van der Waals surface area contributed by atoms with Gasteiger partial charge >= 0.3 is 5.69 Å². The maximum atomic E-state index is 11.1. The quantitative estimate of drug-likeness (QED) is 0.443. The second-order valence-corrected chi connectivity index (χ2v) is 5.38. The smallest absolute Gasteiger partial charge is 0.311 e. The second kappa shape index (κ2) is 7.53. The summed E-state index contributed by atoms with van der Waals surface area (Å²) in [5.41, 5.74) is 0.959. The Balaban J connectivity index is 2.94. The van der Waals surface area contributed by atoms with E-state index in [-0.39, 0.29) is 16.0 Å². The molecule has 0 saturated carbocycles. The molecule has 0 fully saturated rings. The van der Waals surface area contributed by atoms with E-state index in [0.717, 1.165) is 24.8 Å². The summed E-state index contributed by atoms with van der Waals surface area (Å²) in [7, 11) is 0. The number of nitro benzene ring substituents is 1. The lowest BCUT2D eigenvalue weighted by molar-refractivity contribution is -0.386. The van der Waals surface area contributed by atoms with Crippen LogP contribution in [-0.4, -0.2) is 17.3 Å². The minimum absolute atomic E-state index is 0.0274. The summed E-state index contributed by atoms with van der Waals surface area (Å²) < 4.78 is 5.75. The second-order valence-electron chi connectivity index (χ2n) is 5.07.